The Morgan fingerprint density at radius 3 is 2.17 bits per heavy atom. The van der Waals surface area contributed by atoms with Crippen molar-refractivity contribution in [1.29, 1.82) is 0 Å². The van der Waals surface area contributed by atoms with Gasteiger partial charge in [-0.2, -0.15) is 0 Å². The van der Waals surface area contributed by atoms with Crippen molar-refractivity contribution in [3.8, 4) is 0 Å². The minimum Gasteiger partial charge on any atom is -0.383 e. The fourth-order valence-electron chi connectivity index (χ4n) is 2.02. The van der Waals surface area contributed by atoms with Gasteiger partial charge in [0.2, 0.25) is 0 Å². The van der Waals surface area contributed by atoms with E-state index in [0.717, 1.165) is 19.8 Å². The van der Waals surface area contributed by atoms with E-state index in [9.17, 15) is 0 Å². The fourth-order valence-corrected chi connectivity index (χ4v) is 2.02. The first-order chi connectivity index (χ1) is 5.75. The van der Waals surface area contributed by atoms with E-state index in [0.29, 0.717) is 0 Å². The van der Waals surface area contributed by atoms with Crippen molar-refractivity contribution in [3.05, 3.63) is 0 Å². The molecule has 0 spiro atoms. The van der Waals surface area contributed by atoms with Gasteiger partial charge in [-0.25, -0.2) is 0 Å². The summed E-state index contributed by atoms with van der Waals surface area (Å²) in [5.74, 6) is 0. The Morgan fingerprint density at radius 2 is 1.83 bits per heavy atom. The quantitative estimate of drug-likeness (QED) is 0.626. The first-order valence-electron chi connectivity index (χ1n) is 4.44. The van der Waals surface area contributed by atoms with Crippen molar-refractivity contribution in [1.82, 2.24) is 4.90 Å². The van der Waals surface area contributed by atoms with E-state index < -0.39 is 0 Å². The van der Waals surface area contributed by atoms with E-state index in [4.69, 9.17) is 9.47 Å². The van der Waals surface area contributed by atoms with Gasteiger partial charge in [0, 0.05) is 14.2 Å². The van der Waals surface area contributed by atoms with Gasteiger partial charge in [0.25, 0.3) is 0 Å². The molecule has 0 bridgehead atoms. The van der Waals surface area contributed by atoms with E-state index in [2.05, 4.69) is 11.9 Å². The summed E-state index contributed by atoms with van der Waals surface area (Å²) in [6, 6.07) is 0. The molecule has 0 aromatic carbocycles. The zero-order valence-corrected chi connectivity index (χ0v) is 8.30. The normalized spacial score (nSPS) is 23.2. The smallest absolute Gasteiger partial charge is 0.0676 e. The van der Waals surface area contributed by atoms with Crippen molar-refractivity contribution in [2.75, 3.05) is 41.0 Å². The van der Waals surface area contributed by atoms with E-state index in [1.54, 1.807) is 14.2 Å². The zero-order valence-electron chi connectivity index (χ0n) is 8.30. The largest absolute Gasteiger partial charge is 0.383 e. The zero-order chi connectivity index (χ0) is 9.03. The van der Waals surface area contributed by atoms with Gasteiger partial charge in [-0.05, 0) is 26.4 Å². The maximum absolute atomic E-state index is 5.23. The Balaban J connectivity index is 2.57. The maximum Gasteiger partial charge on any atom is 0.0676 e. The third kappa shape index (κ3) is 1.79. The Labute approximate surface area is 74.6 Å². The van der Waals surface area contributed by atoms with Crippen LogP contribution in [0.25, 0.3) is 0 Å². The molecule has 0 N–H and O–H groups in total. The highest BCUT2D eigenvalue weighted by Crippen LogP contribution is 2.28. The molecule has 1 aliphatic heterocycles. The third-order valence-electron chi connectivity index (χ3n) is 2.77. The van der Waals surface area contributed by atoms with Gasteiger partial charge in [-0.15, -0.1) is 0 Å². The van der Waals surface area contributed by atoms with Crippen LogP contribution in [0, 0.1) is 0 Å². The molecule has 0 aromatic heterocycles. The van der Waals surface area contributed by atoms with Crippen LogP contribution in [0.5, 0.6) is 0 Å². The van der Waals surface area contributed by atoms with Crippen LogP contribution < -0.4 is 0 Å². The molecule has 0 aliphatic carbocycles. The number of rotatable bonds is 4. The van der Waals surface area contributed by atoms with Crippen molar-refractivity contribution in [2.45, 2.75) is 18.4 Å². The lowest BCUT2D eigenvalue weighted by atomic mass is 9.99. The topological polar surface area (TPSA) is 21.7 Å². The molecule has 0 aromatic rings. The van der Waals surface area contributed by atoms with Crippen molar-refractivity contribution < 1.29 is 9.47 Å². The summed E-state index contributed by atoms with van der Waals surface area (Å²) in [5.41, 5.74) is 0.142. The molecule has 0 saturated carbocycles. The lowest BCUT2D eigenvalue weighted by Gasteiger charge is -2.34. The molecular formula is C9H19NO2. The number of ether oxygens (including phenoxy) is 2. The summed E-state index contributed by atoms with van der Waals surface area (Å²) >= 11 is 0. The highest BCUT2D eigenvalue weighted by molar-refractivity contribution is 4.94. The summed E-state index contributed by atoms with van der Waals surface area (Å²) < 4.78 is 10.5. The van der Waals surface area contributed by atoms with Crippen LogP contribution in [-0.2, 0) is 9.47 Å². The molecule has 0 unspecified atom stereocenters. The first-order valence-corrected chi connectivity index (χ1v) is 4.44. The maximum atomic E-state index is 5.23. The summed E-state index contributed by atoms with van der Waals surface area (Å²) in [4.78, 5) is 2.35. The van der Waals surface area contributed by atoms with Crippen LogP contribution in [-0.4, -0.2) is 51.5 Å². The second-order valence-electron chi connectivity index (χ2n) is 3.62. The molecule has 1 rings (SSSR count). The second kappa shape index (κ2) is 4.21. The van der Waals surface area contributed by atoms with Crippen LogP contribution in [0.2, 0.25) is 0 Å². The van der Waals surface area contributed by atoms with Gasteiger partial charge in [0.05, 0.1) is 18.8 Å². The lowest BCUT2D eigenvalue weighted by Crippen LogP contribution is -2.48. The monoisotopic (exact) mass is 173 g/mol. The van der Waals surface area contributed by atoms with Gasteiger partial charge in [-0.1, -0.05) is 0 Å². The Kier molecular flexibility index (Phi) is 3.50. The number of nitrogens with zero attached hydrogens (tertiary/aromatic N) is 1. The minimum absolute atomic E-state index is 0.142. The van der Waals surface area contributed by atoms with Crippen LogP contribution in [0.1, 0.15) is 12.8 Å². The molecule has 12 heavy (non-hydrogen) atoms. The lowest BCUT2D eigenvalue weighted by molar-refractivity contribution is -0.00505. The summed E-state index contributed by atoms with van der Waals surface area (Å²) in [5, 5.41) is 0. The molecule has 72 valence electrons. The molecule has 1 aliphatic rings. The predicted octanol–water partition coefficient (Wildman–Crippen LogP) is 0.744. The summed E-state index contributed by atoms with van der Waals surface area (Å²) in [7, 11) is 5.65. The SMILES string of the molecule is COCC1(COC)CCCN1C. The molecule has 0 radical (unpaired) electrons. The highest BCUT2D eigenvalue weighted by Gasteiger charge is 2.38. The van der Waals surface area contributed by atoms with Gasteiger partial charge < -0.3 is 9.47 Å². The number of likely N-dealkylation sites (tertiary alicyclic amines) is 1. The molecular weight excluding hydrogens is 154 g/mol. The van der Waals surface area contributed by atoms with E-state index in [1.165, 1.54) is 12.8 Å². The predicted molar refractivity (Wildman–Crippen MR) is 48.3 cm³/mol. The Bertz CT molecular complexity index is 132. The Morgan fingerprint density at radius 1 is 1.25 bits per heavy atom. The van der Waals surface area contributed by atoms with Crippen LogP contribution in [0.3, 0.4) is 0 Å². The molecule has 3 heteroatoms. The van der Waals surface area contributed by atoms with Gasteiger partial charge in [0.1, 0.15) is 0 Å². The van der Waals surface area contributed by atoms with E-state index >= 15 is 0 Å². The van der Waals surface area contributed by atoms with E-state index in [-0.39, 0.29) is 5.54 Å². The molecule has 1 saturated heterocycles. The van der Waals surface area contributed by atoms with Gasteiger partial charge in [-0.3, -0.25) is 4.90 Å². The van der Waals surface area contributed by atoms with Crippen LogP contribution in [0.4, 0.5) is 0 Å². The minimum atomic E-state index is 0.142. The molecule has 0 amide bonds. The number of methoxy groups -OCH3 is 2. The van der Waals surface area contributed by atoms with Crippen LogP contribution in [0.15, 0.2) is 0 Å². The van der Waals surface area contributed by atoms with Gasteiger partial charge in [0.15, 0.2) is 0 Å². The average molecular weight is 173 g/mol. The number of hydrogen-bond acceptors (Lipinski definition) is 3. The second-order valence-corrected chi connectivity index (χ2v) is 3.62. The summed E-state index contributed by atoms with van der Waals surface area (Å²) in [6.45, 7) is 2.71. The highest BCUT2D eigenvalue weighted by atomic mass is 16.5. The van der Waals surface area contributed by atoms with Crippen molar-refractivity contribution >= 4 is 0 Å². The molecule has 1 fully saturated rings. The first kappa shape index (κ1) is 9.96. The average Bonchev–Trinajstić information content (AvgIpc) is 2.35. The molecule has 3 nitrogen and oxygen atoms in total. The van der Waals surface area contributed by atoms with Crippen molar-refractivity contribution in [3.63, 3.8) is 0 Å². The van der Waals surface area contributed by atoms with E-state index in [1.807, 2.05) is 0 Å². The van der Waals surface area contributed by atoms with Gasteiger partial charge >= 0.3 is 0 Å². The summed E-state index contributed by atoms with van der Waals surface area (Å²) in [6.07, 6.45) is 2.44. The third-order valence-corrected chi connectivity index (χ3v) is 2.77. The number of likely N-dealkylation sites (N-methyl/N-ethyl adjacent to an activating group) is 1. The molecule has 1 heterocycles. The fraction of sp³-hybridized carbons (Fsp3) is 1.00. The number of hydrogen-bond donors (Lipinski definition) is 0. The van der Waals surface area contributed by atoms with Crippen LogP contribution >= 0.6 is 0 Å². The van der Waals surface area contributed by atoms with Crippen molar-refractivity contribution in [2.24, 2.45) is 0 Å². The molecule has 0 atom stereocenters. The standard InChI is InChI=1S/C9H19NO2/c1-10-6-4-5-9(10,7-11-2)8-12-3/h4-8H2,1-3H3. The Hall–Kier alpha value is -0.120.